The van der Waals surface area contributed by atoms with Crippen LogP contribution in [-0.2, 0) is 4.79 Å². The first-order chi connectivity index (χ1) is 19.7. The molecule has 1 unspecified atom stereocenters. The Morgan fingerprint density at radius 1 is 0.927 bits per heavy atom. The Bertz CT molecular complexity index is 1680. The fraction of sp³-hybridized carbons (Fsp3) is 0.103. The lowest BCUT2D eigenvalue weighted by Crippen LogP contribution is -2.22. The van der Waals surface area contributed by atoms with Crippen LogP contribution in [-0.4, -0.2) is 27.9 Å². The summed E-state index contributed by atoms with van der Waals surface area (Å²) in [5, 5.41) is 28.7. The van der Waals surface area contributed by atoms with Gasteiger partial charge in [-0.2, -0.15) is 5.26 Å². The molecule has 10 nitrogen and oxygen atoms in total. The number of nitrogens with one attached hydrogen (secondary N) is 3. The molecule has 0 aliphatic carbocycles. The van der Waals surface area contributed by atoms with Gasteiger partial charge in [0.15, 0.2) is 0 Å². The standard InChI is InChI=1S/C29H23N5O5S2/c1-17-24(16-30)29(41-25(17)28(37)31-20-9-4-3-5-10-20)33-26(35)18(2)40-23-13-7-11-21(15-23)32-27(36)19-8-6-12-22(14-19)34(38)39/h3-15,18H,1-2H3,(H,31,37)(H,32,36)(H,33,35). The Morgan fingerprint density at radius 3 is 2.32 bits per heavy atom. The summed E-state index contributed by atoms with van der Waals surface area (Å²) in [4.78, 5) is 49.9. The highest BCUT2D eigenvalue weighted by molar-refractivity contribution is 8.00. The van der Waals surface area contributed by atoms with E-state index in [9.17, 15) is 29.8 Å². The molecule has 0 saturated carbocycles. The van der Waals surface area contributed by atoms with Crippen molar-refractivity contribution in [2.75, 3.05) is 16.0 Å². The second-order valence-corrected chi connectivity index (χ2v) is 11.2. The summed E-state index contributed by atoms with van der Waals surface area (Å²) in [6, 6.07) is 23.3. The minimum absolute atomic E-state index is 0.140. The lowest BCUT2D eigenvalue weighted by Gasteiger charge is -2.12. The molecule has 4 aromatic rings. The van der Waals surface area contributed by atoms with Crippen molar-refractivity contribution >= 4 is 62.9 Å². The molecular weight excluding hydrogens is 562 g/mol. The lowest BCUT2D eigenvalue weighted by molar-refractivity contribution is -0.384. The molecule has 0 fully saturated rings. The van der Waals surface area contributed by atoms with Crippen molar-refractivity contribution in [3.05, 3.63) is 111 Å². The second-order valence-electron chi connectivity index (χ2n) is 8.73. The number of benzene rings is 3. The highest BCUT2D eigenvalue weighted by Crippen LogP contribution is 2.34. The topological polar surface area (TPSA) is 154 Å². The number of para-hydroxylation sites is 1. The Kier molecular flexibility index (Phi) is 9.13. The number of nitro benzene ring substituents is 1. The van der Waals surface area contributed by atoms with E-state index in [1.807, 2.05) is 6.07 Å². The third-order valence-corrected chi connectivity index (χ3v) is 8.13. The average molecular weight is 586 g/mol. The van der Waals surface area contributed by atoms with Gasteiger partial charge in [-0.05, 0) is 55.8 Å². The number of thiophene rings is 1. The number of nitro groups is 1. The van der Waals surface area contributed by atoms with Gasteiger partial charge in [0.1, 0.15) is 11.1 Å². The number of nitrogens with zero attached hydrogens (tertiary/aromatic N) is 2. The highest BCUT2D eigenvalue weighted by atomic mass is 32.2. The van der Waals surface area contributed by atoms with E-state index in [2.05, 4.69) is 22.0 Å². The first-order valence-corrected chi connectivity index (χ1v) is 13.9. The van der Waals surface area contributed by atoms with Crippen LogP contribution in [0.5, 0.6) is 0 Å². The van der Waals surface area contributed by atoms with E-state index in [0.717, 1.165) is 11.3 Å². The van der Waals surface area contributed by atoms with Crippen LogP contribution in [0, 0.1) is 28.4 Å². The summed E-state index contributed by atoms with van der Waals surface area (Å²) >= 11 is 2.27. The van der Waals surface area contributed by atoms with Crippen molar-refractivity contribution in [2.45, 2.75) is 24.0 Å². The quantitative estimate of drug-likeness (QED) is 0.116. The number of nitriles is 1. The molecule has 12 heteroatoms. The van der Waals surface area contributed by atoms with Gasteiger partial charge in [-0.15, -0.1) is 23.1 Å². The van der Waals surface area contributed by atoms with Gasteiger partial charge in [0, 0.05) is 34.0 Å². The molecule has 1 heterocycles. The summed E-state index contributed by atoms with van der Waals surface area (Å²) in [5.74, 6) is -1.25. The number of hydrogen-bond donors (Lipinski definition) is 3. The summed E-state index contributed by atoms with van der Waals surface area (Å²) in [6.07, 6.45) is 0. The van der Waals surface area contributed by atoms with E-state index in [-0.39, 0.29) is 28.6 Å². The largest absolute Gasteiger partial charge is 0.322 e. The molecule has 3 N–H and O–H groups in total. The van der Waals surface area contributed by atoms with Crippen molar-refractivity contribution in [1.82, 2.24) is 0 Å². The number of thioether (sulfide) groups is 1. The number of carbonyl (C=O) groups excluding carboxylic acids is 3. The lowest BCUT2D eigenvalue weighted by atomic mass is 10.1. The maximum Gasteiger partial charge on any atom is 0.270 e. The molecule has 0 saturated heterocycles. The van der Waals surface area contributed by atoms with Crippen molar-refractivity contribution < 1.29 is 19.3 Å². The van der Waals surface area contributed by atoms with E-state index in [1.54, 1.807) is 62.4 Å². The smallest absolute Gasteiger partial charge is 0.270 e. The average Bonchev–Trinajstić information content (AvgIpc) is 3.28. The van der Waals surface area contributed by atoms with E-state index < -0.39 is 16.1 Å². The van der Waals surface area contributed by atoms with Crippen LogP contribution in [0.25, 0.3) is 0 Å². The molecule has 206 valence electrons. The molecule has 1 atom stereocenters. The van der Waals surface area contributed by atoms with Gasteiger partial charge in [-0.3, -0.25) is 24.5 Å². The van der Waals surface area contributed by atoms with Gasteiger partial charge < -0.3 is 16.0 Å². The van der Waals surface area contributed by atoms with Crippen LogP contribution in [0.3, 0.4) is 0 Å². The zero-order chi connectivity index (χ0) is 29.5. The van der Waals surface area contributed by atoms with Gasteiger partial charge in [0.05, 0.1) is 20.6 Å². The molecule has 1 aromatic heterocycles. The Hall–Kier alpha value is -4.99. The molecule has 3 amide bonds. The Balaban J connectivity index is 1.42. The normalized spacial score (nSPS) is 11.1. The van der Waals surface area contributed by atoms with Crippen molar-refractivity contribution in [3.63, 3.8) is 0 Å². The maximum atomic E-state index is 13.0. The maximum absolute atomic E-state index is 13.0. The Labute approximate surface area is 243 Å². The van der Waals surface area contributed by atoms with Crippen LogP contribution in [0.15, 0.2) is 83.8 Å². The van der Waals surface area contributed by atoms with Crippen LogP contribution < -0.4 is 16.0 Å². The highest BCUT2D eigenvalue weighted by Gasteiger charge is 2.24. The van der Waals surface area contributed by atoms with Crippen LogP contribution in [0.4, 0.5) is 22.1 Å². The molecule has 0 radical (unpaired) electrons. The van der Waals surface area contributed by atoms with Gasteiger partial charge in [-0.25, -0.2) is 0 Å². The summed E-state index contributed by atoms with van der Waals surface area (Å²) < 4.78 is 0. The van der Waals surface area contributed by atoms with Crippen molar-refractivity contribution in [3.8, 4) is 6.07 Å². The van der Waals surface area contributed by atoms with Gasteiger partial charge in [0.2, 0.25) is 5.91 Å². The van der Waals surface area contributed by atoms with Crippen molar-refractivity contribution in [2.24, 2.45) is 0 Å². The van der Waals surface area contributed by atoms with Crippen LogP contribution >= 0.6 is 23.1 Å². The van der Waals surface area contributed by atoms with Gasteiger partial charge in [0.25, 0.3) is 17.5 Å². The molecule has 0 aliphatic rings. The first-order valence-electron chi connectivity index (χ1n) is 12.2. The fourth-order valence-electron chi connectivity index (χ4n) is 3.74. The fourth-order valence-corrected chi connectivity index (χ4v) is 5.73. The molecule has 0 aliphatic heterocycles. The molecule has 3 aromatic carbocycles. The first kappa shape index (κ1) is 29.0. The third kappa shape index (κ3) is 7.16. The molecule has 4 rings (SSSR count). The summed E-state index contributed by atoms with van der Waals surface area (Å²) in [6.45, 7) is 3.36. The SMILES string of the molecule is Cc1c(C(=O)Nc2ccccc2)sc(NC(=O)C(C)Sc2cccc(NC(=O)c3cccc([N+](=O)[O-])c3)c2)c1C#N. The monoisotopic (exact) mass is 585 g/mol. The molecular formula is C29H23N5O5S2. The predicted molar refractivity (Wildman–Crippen MR) is 160 cm³/mol. The number of hydrogen-bond acceptors (Lipinski definition) is 8. The van der Waals surface area contributed by atoms with Crippen LogP contribution in [0.2, 0.25) is 0 Å². The number of amides is 3. The van der Waals surface area contributed by atoms with E-state index >= 15 is 0 Å². The van der Waals surface area contributed by atoms with Crippen LogP contribution in [0.1, 0.15) is 38.1 Å². The van der Waals surface area contributed by atoms with E-state index in [1.165, 1.54) is 36.0 Å². The minimum Gasteiger partial charge on any atom is -0.322 e. The van der Waals surface area contributed by atoms with E-state index in [0.29, 0.717) is 31.7 Å². The number of rotatable bonds is 9. The van der Waals surface area contributed by atoms with Gasteiger partial charge in [-0.1, -0.05) is 30.3 Å². The van der Waals surface area contributed by atoms with Gasteiger partial charge >= 0.3 is 0 Å². The Morgan fingerprint density at radius 2 is 1.61 bits per heavy atom. The predicted octanol–water partition coefficient (Wildman–Crippen LogP) is 6.46. The molecule has 0 spiro atoms. The third-order valence-electron chi connectivity index (χ3n) is 5.83. The number of anilines is 3. The molecule has 0 bridgehead atoms. The summed E-state index contributed by atoms with van der Waals surface area (Å²) in [7, 11) is 0. The minimum atomic E-state index is -0.590. The zero-order valence-electron chi connectivity index (χ0n) is 21.8. The zero-order valence-corrected chi connectivity index (χ0v) is 23.5. The second kappa shape index (κ2) is 12.9. The number of non-ortho nitro benzene ring substituents is 1. The van der Waals surface area contributed by atoms with Crippen molar-refractivity contribution in [1.29, 1.82) is 5.26 Å². The summed E-state index contributed by atoms with van der Waals surface area (Å²) in [5.41, 5.74) is 1.72. The molecule has 41 heavy (non-hydrogen) atoms. The number of carbonyl (C=O) groups is 3. The van der Waals surface area contributed by atoms with E-state index in [4.69, 9.17) is 0 Å².